The summed E-state index contributed by atoms with van der Waals surface area (Å²) in [5, 5.41) is 5.47. The highest BCUT2D eigenvalue weighted by Gasteiger charge is 2.25. The Morgan fingerprint density at radius 3 is 2.25 bits per heavy atom. The Kier molecular flexibility index (Phi) is 10.8. The number of ether oxygens (including phenoxy) is 1. The third-order valence-corrected chi connectivity index (χ3v) is 3.71. The van der Waals surface area contributed by atoms with Crippen LogP contribution in [0.15, 0.2) is 0 Å². The van der Waals surface area contributed by atoms with Gasteiger partial charge in [-0.15, -0.1) is 0 Å². The fourth-order valence-corrected chi connectivity index (χ4v) is 2.37. The first-order valence-electron chi connectivity index (χ1n) is 8.34. The van der Waals surface area contributed by atoms with Crippen molar-refractivity contribution in [3.63, 3.8) is 0 Å². The highest BCUT2D eigenvalue weighted by atomic mass is 32.2. The Balaban J connectivity index is 4.51. The monoisotopic (exact) mass is 360 g/mol. The quantitative estimate of drug-likeness (QED) is 0.486. The minimum atomic E-state index is -0.920. The molecule has 6 nitrogen and oxygen atoms in total. The third kappa shape index (κ3) is 12.2. The SMILES string of the molecule is CSCC[C@@H](CC(=O)NCCC(C)C)NC(=O)C(=O)OC(C)(C)C. The summed E-state index contributed by atoms with van der Waals surface area (Å²) in [6.45, 7) is 9.90. The van der Waals surface area contributed by atoms with Crippen molar-refractivity contribution in [2.24, 2.45) is 5.92 Å². The van der Waals surface area contributed by atoms with Crippen LogP contribution in [0.2, 0.25) is 0 Å². The molecular formula is C17H32N2O4S. The lowest BCUT2D eigenvalue weighted by molar-refractivity contribution is -0.163. The predicted molar refractivity (Wildman–Crippen MR) is 97.9 cm³/mol. The molecule has 0 aliphatic carbocycles. The van der Waals surface area contributed by atoms with E-state index in [1.54, 1.807) is 32.5 Å². The number of carbonyl (C=O) groups excluding carboxylic acids is 3. The molecule has 0 aromatic carbocycles. The Morgan fingerprint density at radius 1 is 1.12 bits per heavy atom. The molecule has 0 aliphatic heterocycles. The molecule has 0 radical (unpaired) electrons. The van der Waals surface area contributed by atoms with Gasteiger partial charge in [-0.3, -0.25) is 9.59 Å². The highest BCUT2D eigenvalue weighted by Crippen LogP contribution is 2.08. The van der Waals surface area contributed by atoms with E-state index >= 15 is 0 Å². The van der Waals surface area contributed by atoms with Gasteiger partial charge in [-0.2, -0.15) is 11.8 Å². The van der Waals surface area contributed by atoms with Crippen LogP contribution in [0.5, 0.6) is 0 Å². The fraction of sp³-hybridized carbons (Fsp3) is 0.824. The molecule has 0 unspecified atom stereocenters. The Hall–Kier alpha value is -1.24. The van der Waals surface area contributed by atoms with Crippen LogP contribution in [0.25, 0.3) is 0 Å². The van der Waals surface area contributed by atoms with Crippen LogP contribution in [0.1, 0.15) is 53.9 Å². The molecule has 0 saturated heterocycles. The molecule has 0 rings (SSSR count). The molecule has 0 aromatic rings. The zero-order valence-electron chi connectivity index (χ0n) is 15.7. The number of hydrogen-bond donors (Lipinski definition) is 2. The summed E-state index contributed by atoms with van der Waals surface area (Å²) in [5.74, 6) is -0.531. The second-order valence-corrected chi connectivity index (χ2v) is 8.18. The van der Waals surface area contributed by atoms with Gasteiger partial charge in [0.05, 0.1) is 0 Å². The molecule has 140 valence electrons. The minimum Gasteiger partial charge on any atom is -0.453 e. The molecule has 0 heterocycles. The van der Waals surface area contributed by atoms with Crippen molar-refractivity contribution in [2.45, 2.75) is 65.5 Å². The van der Waals surface area contributed by atoms with E-state index in [0.29, 0.717) is 18.9 Å². The number of nitrogens with one attached hydrogen (secondary N) is 2. The summed E-state index contributed by atoms with van der Waals surface area (Å²) >= 11 is 1.63. The topological polar surface area (TPSA) is 84.5 Å². The number of hydrogen-bond acceptors (Lipinski definition) is 5. The first-order chi connectivity index (χ1) is 11.0. The van der Waals surface area contributed by atoms with Crippen molar-refractivity contribution in [2.75, 3.05) is 18.6 Å². The molecule has 0 aromatic heterocycles. The molecular weight excluding hydrogens is 328 g/mol. The van der Waals surface area contributed by atoms with E-state index in [9.17, 15) is 14.4 Å². The maximum atomic E-state index is 12.0. The van der Waals surface area contributed by atoms with Crippen LogP contribution in [0.3, 0.4) is 0 Å². The lowest BCUT2D eigenvalue weighted by atomic mass is 10.1. The summed E-state index contributed by atoms with van der Waals surface area (Å²) in [6, 6.07) is -0.378. The smallest absolute Gasteiger partial charge is 0.397 e. The van der Waals surface area contributed by atoms with Crippen LogP contribution in [0, 0.1) is 5.92 Å². The molecule has 0 bridgehead atoms. The molecule has 7 heteroatoms. The van der Waals surface area contributed by atoms with Crippen molar-refractivity contribution in [3.8, 4) is 0 Å². The van der Waals surface area contributed by atoms with Gasteiger partial charge in [-0.05, 0) is 51.5 Å². The Labute approximate surface area is 149 Å². The van der Waals surface area contributed by atoms with E-state index in [1.807, 2.05) is 6.26 Å². The van der Waals surface area contributed by atoms with Crippen LogP contribution in [0.4, 0.5) is 0 Å². The minimum absolute atomic E-state index is 0.119. The van der Waals surface area contributed by atoms with E-state index in [1.165, 1.54) is 0 Å². The largest absolute Gasteiger partial charge is 0.453 e. The van der Waals surface area contributed by atoms with E-state index in [4.69, 9.17) is 4.74 Å². The van der Waals surface area contributed by atoms with Gasteiger partial charge in [0, 0.05) is 19.0 Å². The second-order valence-electron chi connectivity index (χ2n) is 7.19. The third-order valence-electron chi connectivity index (χ3n) is 3.07. The van der Waals surface area contributed by atoms with Gasteiger partial charge in [-0.25, -0.2) is 4.79 Å². The maximum absolute atomic E-state index is 12.0. The summed E-state index contributed by atoms with van der Waals surface area (Å²) in [7, 11) is 0. The van der Waals surface area contributed by atoms with Crippen LogP contribution >= 0.6 is 11.8 Å². The first-order valence-corrected chi connectivity index (χ1v) is 9.74. The first kappa shape index (κ1) is 22.8. The molecule has 24 heavy (non-hydrogen) atoms. The van der Waals surface area contributed by atoms with E-state index in [0.717, 1.165) is 12.2 Å². The molecule has 1 atom stereocenters. The van der Waals surface area contributed by atoms with Crippen LogP contribution < -0.4 is 10.6 Å². The van der Waals surface area contributed by atoms with Gasteiger partial charge in [-0.1, -0.05) is 13.8 Å². The fourth-order valence-electron chi connectivity index (χ4n) is 1.85. The zero-order chi connectivity index (χ0) is 18.8. The highest BCUT2D eigenvalue weighted by molar-refractivity contribution is 7.98. The number of thioether (sulfide) groups is 1. The van der Waals surface area contributed by atoms with Crippen LogP contribution in [-0.2, 0) is 19.1 Å². The number of esters is 1. The molecule has 0 saturated carbocycles. The number of rotatable bonds is 9. The lowest BCUT2D eigenvalue weighted by Crippen LogP contribution is -2.44. The Morgan fingerprint density at radius 2 is 1.75 bits per heavy atom. The standard InChI is InChI=1S/C17H32N2O4S/c1-12(2)7-9-18-14(20)11-13(8-10-24-6)19-15(21)16(22)23-17(3,4)5/h12-13H,7-11H2,1-6H3,(H,18,20)(H,19,21)/t13-/m0/s1. The van der Waals surface area contributed by atoms with Gasteiger partial charge < -0.3 is 15.4 Å². The number of carbonyl (C=O) groups is 3. The zero-order valence-corrected chi connectivity index (χ0v) is 16.5. The summed E-state index contributed by atoms with van der Waals surface area (Å²) in [6.07, 6.45) is 3.64. The van der Waals surface area contributed by atoms with E-state index in [2.05, 4.69) is 24.5 Å². The lowest BCUT2D eigenvalue weighted by Gasteiger charge is -2.21. The van der Waals surface area contributed by atoms with Crippen molar-refractivity contribution >= 4 is 29.5 Å². The normalized spacial score (nSPS) is 12.6. The van der Waals surface area contributed by atoms with Gasteiger partial charge in [0.1, 0.15) is 5.60 Å². The van der Waals surface area contributed by atoms with E-state index < -0.39 is 17.5 Å². The van der Waals surface area contributed by atoms with Gasteiger partial charge in [0.15, 0.2) is 0 Å². The van der Waals surface area contributed by atoms with Crippen molar-refractivity contribution in [3.05, 3.63) is 0 Å². The van der Waals surface area contributed by atoms with Crippen molar-refractivity contribution < 1.29 is 19.1 Å². The van der Waals surface area contributed by atoms with E-state index in [-0.39, 0.29) is 18.4 Å². The summed E-state index contributed by atoms with van der Waals surface area (Å²) < 4.78 is 5.04. The van der Waals surface area contributed by atoms with Crippen molar-refractivity contribution in [1.82, 2.24) is 10.6 Å². The second kappa shape index (κ2) is 11.3. The van der Waals surface area contributed by atoms with Gasteiger partial charge >= 0.3 is 11.9 Å². The Bertz CT molecular complexity index is 419. The van der Waals surface area contributed by atoms with Gasteiger partial charge in [0.25, 0.3) is 0 Å². The van der Waals surface area contributed by atoms with Crippen molar-refractivity contribution in [1.29, 1.82) is 0 Å². The molecule has 2 N–H and O–H groups in total. The molecule has 0 fully saturated rings. The average Bonchev–Trinajstić information content (AvgIpc) is 2.42. The molecule has 0 spiro atoms. The van der Waals surface area contributed by atoms with Crippen LogP contribution in [-0.4, -0.2) is 48.0 Å². The molecule has 0 aliphatic rings. The average molecular weight is 361 g/mol. The maximum Gasteiger partial charge on any atom is 0.397 e. The predicted octanol–water partition coefficient (Wildman–Crippen LogP) is 2.12. The summed E-state index contributed by atoms with van der Waals surface area (Å²) in [5.41, 5.74) is -0.725. The number of amides is 2. The molecule has 2 amide bonds. The summed E-state index contributed by atoms with van der Waals surface area (Å²) in [4.78, 5) is 35.7. The van der Waals surface area contributed by atoms with Gasteiger partial charge in [0.2, 0.25) is 5.91 Å².